The first-order valence-corrected chi connectivity index (χ1v) is 9.32. The van der Waals surface area contributed by atoms with Crippen LogP contribution in [0.25, 0.3) is 0 Å². The molecule has 9 heteroatoms. The van der Waals surface area contributed by atoms with Crippen molar-refractivity contribution < 1.29 is 27.8 Å². The summed E-state index contributed by atoms with van der Waals surface area (Å²) in [6.45, 7) is 2.76. The zero-order chi connectivity index (χ0) is 18.6. The number of carbonyl (C=O) groups excluding carboxylic acids is 2. The maximum Gasteiger partial charge on any atom is 0.253 e. The molecular formula is C17H27F2N3O4. The number of carbonyl (C=O) groups is 2. The molecule has 0 radical (unpaired) electrons. The Morgan fingerprint density at radius 1 is 1.12 bits per heavy atom. The lowest BCUT2D eigenvalue weighted by molar-refractivity contribution is -0.155. The smallest absolute Gasteiger partial charge is 0.253 e. The number of morpholine rings is 1. The molecule has 0 aromatic carbocycles. The molecule has 3 saturated heterocycles. The van der Waals surface area contributed by atoms with Crippen LogP contribution in [0.3, 0.4) is 0 Å². The van der Waals surface area contributed by atoms with Gasteiger partial charge in [0.1, 0.15) is 6.10 Å². The first-order valence-electron chi connectivity index (χ1n) is 9.32. The predicted octanol–water partition coefficient (Wildman–Crippen LogP) is 0.240. The Morgan fingerprint density at radius 2 is 1.88 bits per heavy atom. The largest absolute Gasteiger partial charge is 0.376 e. The number of hydrogen-bond acceptors (Lipinski definition) is 5. The van der Waals surface area contributed by atoms with Crippen LogP contribution < -0.4 is 5.32 Å². The average molecular weight is 375 g/mol. The van der Waals surface area contributed by atoms with Crippen LogP contribution in [0.4, 0.5) is 8.78 Å². The fourth-order valence-electron chi connectivity index (χ4n) is 3.55. The summed E-state index contributed by atoms with van der Waals surface area (Å²) in [4.78, 5) is 27.9. The Balaban J connectivity index is 1.41. The third-order valence-electron chi connectivity index (χ3n) is 5.15. The molecule has 0 aromatic heterocycles. The van der Waals surface area contributed by atoms with E-state index in [4.69, 9.17) is 9.47 Å². The summed E-state index contributed by atoms with van der Waals surface area (Å²) in [5.74, 6) is -3.05. The number of amides is 2. The van der Waals surface area contributed by atoms with E-state index >= 15 is 0 Å². The van der Waals surface area contributed by atoms with Crippen molar-refractivity contribution in [3.63, 3.8) is 0 Å². The van der Waals surface area contributed by atoms with Gasteiger partial charge in [0.15, 0.2) is 0 Å². The molecule has 2 atom stereocenters. The fourth-order valence-corrected chi connectivity index (χ4v) is 3.55. The number of piperidine rings is 1. The van der Waals surface area contributed by atoms with Crippen molar-refractivity contribution in [1.29, 1.82) is 0 Å². The minimum Gasteiger partial charge on any atom is -0.376 e. The van der Waals surface area contributed by atoms with Gasteiger partial charge in [-0.2, -0.15) is 0 Å². The van der Waals surface area contributed by atoms with Crippen LogP contribution in [-0.4, -0.2) is 92.2 Å². The Morgan fingerprint density at radius 3 is 2.58 bits per heavy atom. The van der Waals surface area contributed by atoms with Gasteiger partial charge in [0.2, 0.25) is 5.91 Å². The van der Waals surface area contributed by atoms with Gasteiger partial charge in [0.05, 0.1) is 19.3 Å². The minimum absolute atomic E-state index is 0.0492. The predicted molar refractivity (Wildman–Crippen MR) is 88.9 cm³/mol. The molecule has 7 nitrogen and oxygen atoms in total. The molecule has 3 heterocycles. The number of ether oxygens (including phenoxy) is 2. The molecule has 26 heavy (non-hydrogen) atoms. The van der Waals surface area contributed by atoms with Crippen LogP contribution in [0, 0.1) is 0 Å². The molecule has 2 amide bonds. The number of hydrogen-bond donors (Lipinski definition) is 1. The van der Waals surface area contributed by atoms with Gasteiger partial charge in [0.25, 0.3) is 11.8 Å². The lowest BCUT2D eigenvalue weighted by Gasteiger charge is -2.37. The SMILES string of the molecule is O=C(CN1CCOC(C(=O)N2CCC(F)(F)CC2)C1)NCC1CCCO1. The third kappa shape index (κ3) is 5.34. The zero-order valence-electron chi connectivity index (χ0n) is 14.9. The van der Waals surface area contributed by atoms with Crippen molar-refractivity contribution in [2.24, 2.45) is 0 Å². The zero-order valence-corrected chi connectivity index (χ0v) is 14.9. The lowest BCUT2D eigenvalue weighted by atomic mass is 10.1. The number of alkyl halides is 2. The van der Waals surface area contributed by atoms with Gasteiger partial charge < -0.3 is 19.7 Å². The standard InChI is InChI=1S/C17H27F2N3O4/c18-17(19)3-5-22(6-4-17)16(24)14-11-21(7-9-26-14)12-15(23)20-10-13-2-1-8-25-13/h13-14H,1-12H2,(H,20,23). The second kappa shape index (κ2) is 8.58. The van der Waals surface area contributed by atoms with E-state index in [0.717, 1.165) is 19.4 Å². The van der Waals surface area contributed by atoms with Crippen LogP contribution in [0.2, 0.25) is 0 Å². The number of rotatable bonds is 5. The Kier molecular flexibility index (Phi) is 6.42. The molecule has 0 spiro atoms. The van der Waals surface area contributed by atoms with E-state index < -0.39 is 12.0 Å². The molecule has 3 aliphatic heterocycles. The van der Waals surface area contributed by atoms with Gasteiger partial charge in [-0.25, -0.2) is 8.78 Å². The van der Waals surface area contributed by atoms with Gasteiger partial charge in [-0.3, -0.25) is 14.5 Å². The van der Waals surface area contributed by atoms with Gasteiger partial charge in [0, 0.05) is 52.2 Å². The summed E-state index contributed by atoms with van der Waals surface area (Å²) in [7, 11) is 0. The molecule has 3 rings (SSSR count). The van der Waals surface area contributed by atoms with Crippen LogP contribution in [-0.2, 0) is 19.1 Å². The van der Waals surface area contributed by atoms with Gasteiger partial charge in [-0.1, -0.05) is 0 Å². The average Bonchev–Trinajstić information content (AvgIpc) is 3.13. The van der Waals surface area contributed by atoms with Gasteiger partial charge in [-0.15, -0.1) is 0 Å². The highest BCUT2D eigenvalue weighted by molar-refractivity contribution is 5.82. The molecule has 2 unspecified atom stereocenters. The highest BCUT2D eigenvalue weighted by atomic mass is 19.3. The van der Waals surface area contributed by atoms with Crippen molar-refractivity contribution in [1.82, 2.24) is 15.1 Å². The molecule has 148 valence electrons. The van der Waals surface area contributed by atoms with Crippen molar-refractivity contribution in [3.8, 4) is 0 Å². The molecule has 0 saturated carbocycles. The lowest BCUT2D eigenvalue weighted by Crippen LogP contribution is -2.54. The summed E-state index contributed by atoms with van der Waals surface area (Å²) in [5.41, 5.74) is 0. The highest BCUT2D eigenvalue weighted by Gasteiger charge is 2.38. The van der Waals surface area contributed by atoms with E-state index in [0.29, 0.717) is 26.2 Å². The summed E-state index contributed by atoms with van der Waals surface area (Å²) >= 11 is 0. The molecule has 0 aromatic rings. The summed E-state index contributed by atoms with van der Waals surface area (Å²) < 4.78 is 37.5. The Hall–Kier alpha value is -1.32. The molecule has 0 bridgehead atoms. The van der Waals surface area contributed by atoms with E-state index in [-0.39, 0.29) is 50.4 Å². The summed E-state index contributed by atoms with van der Waals surface area (Å²) in [5, 5.41) is 2.86. The van der Waals surface area contributed by atoms with Gasteiger partial charge >= 0.3 is 0 Å². The van der Waals surface area contributed by atoms with E-state index in [1.807, 2.05) is 4.90 Å². The molecule has 0 aliphatic carbocycles. The molecule has 3 fully saturated rings. The number of nitrogens with one attached hydrogen (secondary N) is 1. The summed E-state index contributed by atoms with van der Waals surface area (Å²) in [6, 6.07) is 0. The van der Waals surface area contributed by atoms with Crippen LogP contribution in [0.5, 0.6) is 0 Å². The number of likely N-dealkylation sites (tertiary alicyclic amines) is 1. The first kappa shape index (κ1) is 19.4. The van der Waals surface area contributed by atoms with E-state index in [9.17, 15) is 18.4 Å². The molecule has 1 N–H and O–H groups in total. The first-order chi connectivity index (χ1) is 12.4. The second-order valence-electron chi connectivity index (χ2n) is 7.21. The van der Waals surface area contributed by atoms with E-state index in [2.05, 4.69) is 5.32 Å². The molecule has 3 aliphatic rings. The van der Waals surface area contributed by atoms with Crippen molar-refractivity contribution in [2.75, 3.05) is 52.5 Å². The minimum atomic E-state index is -2.68. The summed E-state index contributed by atoms with van der Waals surface area (Å²) in [6.07, 6.45) is 0.776. The normalized spacial score (nSPS) is 29.5. The number of nitrogens with zero attached hydrogens (tertiary/aromatic N) is 2. The highest BCUT2D eigenvalue weighted by Crippen LogP contribution is 2.28. The topological polar surface area (TPSA) is 71.1 Å². The van der Waals surface area contributed by atoms with Crippen molar-refractivity contribution >= 4 is 11.8 Å². The van der Waals surface area contributed by atoms with Crippen LogP contribution >= 0.6 is 0 Å². The Labute approximate surface area is 152 Å². The number of halogens is 2. The van der Waals surface area contributed by atoms with E-state index in [1.165, 1.54) is 4.90 Å². The monoisotopic (exact) mass is 375 g/mol. The quantitative estimate of drug-likeness (QED) is 0.746. The van der Waals surface area contributed by atoms with Crippen LogP contribution in [0.15, 0.2) is 0 Å². The maximum absolute atomic E-state index is 13.2. The fraction of sp³-hybridized carbons (Fsp3) is 0.882. The maximum atomic E-state index is 13.2. The van der Waals surface area contributed by atoms with E-state index in [1.54, 1.807) is 0 Å². The van der Waals surface area contributed by atoms with Crippen molar-refractivity contribution in [2.45, 2.75) is 43.8 Å². The Bertz CT molecular complexity index is 504. The third-order valence-corrected chi connectivity index (χ3v) is 5.15. The second-order valence-corrected chi connectivity index (χ2v) is 7.21. The molecular weight excluding hydrogens is 348 g/mol. The van der Waals surface area contributed by atoms with Crippen molar-refractivity contribution in [3.05, 3.63) is 0 Å². The van der Waals surface area contributed by atoms with Crippen LogP contribution in [0.1, 0.15) is 25.7 Å². The van der Waals surface area contributed by atoms with Gasteiger partial charge in [-0.05, 0) is 12.8 Å².